The molecule has 1 aliphatic carbocycles. The van der Waals surface area contributed by atoms with E-state index in [4.69, 9.17) is 0 Å². The summed E-state index contributed by atoms with van der Waals surface area (Å²) in [6.45, 7) is 3.66. The van der Waals surface area contributed by atoms with Gasteiger partial charge in [0, 0.05) is 31.5 Å². The third kappa shape index (κ3) is 3.45. The number of hydrogen-bond donors (Lipinski definition) is 3. The molecule has 1 unspecified atom stereocenters. The van der Waals surface area contributed by atoms with Gasteiger partial charge in [0.15, 0.2) is 0 Å². The molecule has 3 N–H and O–H groups in total. The number of fused-ring (bicyclic) bond motifs is 1. The molecule has 7 nitrogen and oxygen atoms in total. The van der Waals surface area contributed by atoms with Crippen molar-refractivity contribution in [1.29, 1.82) is 0 Å². The van der Waals surface area contributed by atoms with Crippen LogP contribution in [0, 0.1) is 12.8 Å². The lowest BCUT2D eigenvalue weighted by molar-refractivity contribution is -0.128. The van der Waals surface area contributed by atoms with Gasteiger partial charge in [-0.15, -0.1) is 0 Å². The van der Waals surface area contributed by atoms with E-state index < -0.39 is 0 Å². The van der Waals surface area contributed by atoms with Crippen LogP contribution < -0.4 is 10.6 Å². The highest BCUT2D eigenvalue weighted by molar-refractivity contribution is 5.80. The minimum absolute atomic E-state index is 0.215. The monoisotopic (exact) mass is 341 g/mol. The molecule has 1 atom stereocenters. The Morgan fingerprint density at radius 2 is 2.20 bits per heavy atom. The molecule has 4 rings (SSSR count). The number of rotatable bonds is 5. The van der Waals surface area contributed by atoms with E-state index in [-0.39, 0.29) is 17.9 Å². The number of carbonyl (C=O) groups is 2. The maximum absolute atomic E-state index is 12.0. The van der Waals surface area contributed by atoms with Crippen molar-refractivity contribution in [1.82, 2.24) is 25.5 Å². The Bertz CT molecular complexity index is 811. The quantitative estimate of drug-likeness (QED) is 0.773. The van der Waals surface area contributed by atoms with E-state index in [9.17, 15) is 9.59 Å². The summed E-state index contributed by atoms with van der Waals surface area (Å²) in [6.07, 6.45) is 2.80. The molecular weight excluding hydrogens is 318 g/mol. The van der Waals surface area contributed by atoms with Crippen LogP contribution in [0.2, 0.25) is 0 Å². The van der Waals surface area contributed by atoms with Crippen LogP contribution in [0.5, 0.6) is 0 Å². The summed E-state index contributed by atoms with van der Waals surface area (Å²) >= 11 is 0. The van der Waals surface area contributed by atoms with Crippen LogP contribution in [0.1, 0.15) is 30.7 Å². The van der Waals surface area contributed by atoms with Crippen molar-refractivity contribution in [3.8, 4) is 0 Å². The van der Waals surface area contributed by atoms with Crippen molar-refractivity contribution in [2.24, 2.45) is 5.92 Å². The molecule has 1 saturated carbocycles. The number of hydrogen-bond acceptors (Lipinski definition) is 3. The summed E-state index contributed by atoms with van der Waals surface area (Å²) in [7, 11) is 0. The van der Waals surface area contributed by atoms with Gasteiger partial charge >= 0.3 is 6.03 Å². The Balaban J connectivity index is 1.25. The lowest BCUT2D eigenvalue weighted by atomic mass is 10.1. The number of aromatic nitrogens is 2. The first-order valence-electron chi connectivity index (χ1n) is 8.85. The van der Waals surface area contributed by atoms with Gasteiger partial charge in [0.1, 0.15) is 5.82 Å². The van der Waals surface area contributed by atoms with Crippen molar-refractivity contribution in [3.63, 3.8) is 0 Å². The van der Waals surface area contributed by atoms with E-state index in [0.29, 0.717) is 25.6 Å². The number of aryl methyl sites for hydroxylation is 1. The fourth-order valence-electron chi connectivity index (χ4n) is 3.46. The fourth-order valence-corrected chi connectivity index (χ4v) is 3.46. The number of nitrogens with zero attached hydrogens (tertiary/aromatic N) is 2. The Kier molecular flexibility index (Phi) is 4.07. The number of aromatic amines is 1. The lowest BCUT2D eigenvalue weighted by Crippen LogP contribution is -2.38. The molecule has 2 aliphatic rings. The van der Waals surface area contributed by atoms with Gasteiger partial charge < -0.3 is 20.5 Å². The first-order chi connectivity index (χ1) is 12.1. The summed E-state index contributed by atoms with van der Waals surface area (Å²) in [5.74, 6) is 1.18. The Morgan fingerprint density at radius 1 is 1.36 bits per heavy atom. The molecule has 0 radical (unpaired) electrons. The minimum atomic E-state index is -0.227. The summed E-state index contributed by atoms with van der Waals surface area (Å²) in [6, 6.07) is 6.20. The van der Waals surface area contributed by atoms with E-state index in [1.807, 2.05) is 30.0 Å². The predicted octanol–water partition coefficient (Wildman–Crippen LogP) is 1.68. The largest absolute Gasteiger partial charge is 0.340 e. The maximum Gasteiger partial charge on any atom is 0.315 e. The number of carbonyl (C=O) groups excluding carboxylic acids is 2. The first kappa shape index (κ1) is 15.9. The molecule has 25 heavy (non-hydrogen) atoms. The summed E-state index contributed by atoms with van der Waals surface area (Å²) in [5.41, 5.74) is 3.02. The van der Waals surface area contributed by atoms with Gasteiger partial charge in [0.2, 0.25) is 5.91 Å². The molecule has 1 aliphatic heterocycles. The van der Waals surface area contributed by atoms with Crippen LogP contribution in [0.4, 0.5) is 4.79 Å². The zero-order chi connectivity index (χ0) is 17.4. The second-order valence-corrected chi connectivity index (χ2v) is 7.07. The summed E-state index contributed by atoms with van der Waals surface area (Å²) in [4.78, 5) is 33.6. The maximum atomic E-state index is 12.0. The Morgan fingerprint density at radius 3 is 2.96 bits per heavy atom. The molecular formula is C18H23N5O2. The lowest BCUT2D eigenvalue weighted by Gasteiger charge is -2.15. The van der Waals surface area contributed by atoms with Gasteiger partial charge in [-0.3, -0.25) is 4.79 Å². The second-order valence-electron chi connectivity index (χ2n) is 7.07. The number of amides is 3. The molecule has 1 aromatic carbocycles. The highest BCUT2D eigenvalue weighted by Gasteiger charge is 2.39. The summed E-state index contributed by atoms with van der Waals surface area (Å²) < 4.78 is 0. The first-order valence-corrected chi connectivity index (χ1v) is 8.85. The highest BCUT2D eigenvalue weighted by atomic mass is 16.2. The third-order valence-electron chi connectivity index (χ3n) is 4.96. The van der Waals surface area contributed by atoms with E-state index in [2.05, 4.69) is 20.6 Å². The highest BCUT2D eigenvalue weighted by Crippen LogP contribution is 2.32. The molecule has 0 bridgehead atoms. The Labute approximate surface area is 146 Å². The average Bonchev–Trinajstić information content (AvgIpc) is 3.23. The van der Waals surface area contributed by atoms with Crippen molar-refractivity contribution in [2.45, 2.75) is 38.8 Å². The van der Waals surface area contributed by atoms with E-state index in [0.717, 1.165) is 41.8 Å². The molecule has 7 heteroatoms. The van der Waals surface area contributed by atoms with E-state index >= 15 is 0 Å². The second kappa shape index (κ2) is 6.38. The van der Waals surface area contributed by atoms with Crippen molar-refractivity contribution < 1.29 is 9.59 Å². The van der Waals surface area contributed by atoms with Crippen molar-refractivity contribution >= 4 is 23.0 Å². The van der Waals surface area contributed by atoms with Crippen molar-refractivity contribution in [3.05, 3.63) is 29.6 Å². The third-order valence-corrected chi connectivity index (χ3v) is 4.96. The van der Waals surface area contributed by atoms with Crippen LogP contribution in [0.15, 0.2) is 18.2 Å². The van der Waals surface area contributed by atoms with Crippen LogP contribution >= 0.6 is 0 Å². The van der Waals surface area contributed by atoms with Crippen LogP contribution in [0.25, 0.3) is 11.0 Å². The van der Waals surface area contributed by atoms with E-state index in [1.165, 1.54) is 0 Å². The molecule has 1 aromatic heterocycles. The standard InChI is InChI=1S/C18H23N5O2/c1-11-3-2-4-14-17(11)22-15(21-14)9-20-18(25)19-8-12-7-16(24)23(10-12)13-5-6-13/h2-4,12-13H,5-10H2,1H3,(H,21,22)(H2,19,20,25). The fraction of sp³-hybridized carbons (Fsp3) is 0.500. The number of H-pyrrole nitrogens is 1. The summed E-state index contributed by atoms with van der Waals surface area (Å²) in [5, 5.41) is 5.69. The number of para-hydroxylation sites is 1. The zero-order valence-electron chi connectivity index (χ0n) is 14.3. The van der Waals surface area contributed by atoms with Gasteiger partial charge in [0.25, 0.3) is 0 Å². The zero-order valence-corrected chi connectivity index (χ0v) is 14.3. The topological polar surface area (TPSA) is 90.1 Å². The number of urea groups is 1. The average molecular weight is 341 g/mol. The van der Waals surface area contributed by atoms with Gasteiger partial charge in [-0.25, -0.2) is 9.78 Å². The van der Waals surface area contributed by atoms with Gasteiger partial charge in [-0.1, -0.05) is 12.1 Å². The van der Waals surface area contributed by atoms with E-state index in [1.54, 1.807) is 0 Å². The molecule has 3 amide bonds. The SMILES string of the molecule is Cc1cccc2[nH]c(CNC(=O)NCC3CC(=O)N(C4CC4)C3)nc12. The molecule has 132 valence electrons. The molecule has 0 spiro atoms. The molecule has 2 fully saturated rings. The smallest absolute Gasteiger partial charge is 0.315 e. The minimum Gasteiger partial charge on any atom is -0.340 e. The van der Waals surface area contributed by atoms with Crippen LogP contribution in [0.3, 0.4) is 0 Å². The van der Waals surface area contributed by atoms with Gasteiger partial charge in [0.05, 0.1) is 17.6 Å². The number of benzene rings is 1. The Hall–Kier alpha value is -2.57. The normalized spacial score (nSPS) is 20.3. The number of imidazole rings is 1. The molecule has 2 heterocycles. The van der Waals surface area contributed by atoms with Gasteiger partial charge in [-0.2, -0.15) is 0 Å². The van der Waals surface area contributed by atoms with Crippen LogP contribution in [-0.4, -0.2) is 45.9 Å². The predicted molar refractivity (Wildman–Crippen MR) is 93.9 cm³/mol. The molecule has 1 saturated heterocycles. The number of nitrogens with one attached hydrogen (secondary N) is 3. The molecule has 2 aromatic rings. The number of likely N-dealkylation sites (tertiary alicyclic amines) is 1. The van der Waals surface area contributed by atoms with Crippen LogP contribution in [-0.2, 0) is 11.3 Å². The van der Waals surface area contributed by atoms with Gasteiger partial charge in [-0.05, 0) is 31.4 Å². The van der Waals surface area contributed by atoms with Crippen molar-refractivity contribution in [2.75, 3.05) is 13.1 Å².